The Morgan fingerprint density at radius 2 is 2.17 bits per heavy atom. The van der Waals surface area contributed by atoms with E-state index in [2.05, 4.69) is 22.5 Å². The summed E-state index contributed by atoms with van der Waals surface area (Å²) in [6, 6.07) is -0.0501. The largest absolute Gasteiger partial charge is 0.379 e. The summed E-state index contributed by atoms with van der Waals surface area (Å²) in [4.78, 5) is 14.5. The lowest BCUT2D eigenvalue weighted by Crippen LogP contribution is -2.58. The zero-order chi connectivity index (χ0) is 13.0. The molecule has 5 nitrogen and oxygen atoms in total. The smallest absolute Gasteiger partial charge is 0.237 e. The normalized spacial score (nSPS) is 31.9. The third-order valence-corrected chi connectivity index (χ3v) is 3.94. The molecule has 2 atom stereocenters. The topological polar surface area (TPSA) is 53.6 Å². The molecule has 1 amide bonds. The number of carbonyl (C=O) groups is 1. The molecular formula is C13H25N3O2. The number of ether oxygens (including phenoxy) is 1. The molecule has 2 N–H and O–H groups in total. The lowest BCUT2D eigenvalue weighted by Gasteiger charge is -2.38. The van der Waals surface area contributed by atoms with Crippen molar-refractivity contribution in [3.63, 3.8) is 0 Å². The van der Waals surface area contributed by atoms with Gasteiger partial charge in [0.05, 0.1) is 18.2 Å². The van der Waals surface area contributed by atoms with E-state index in [4.69, 9.17) is 4.74 Å². The number of nitrogens with zero attached hydrogens (tertiary/aromatic N) is 1. The van der Waals surface area contributed by atoms with Crippen molar-refractivity contribution >= 4 is 5.91 Å². The zero-order valence-electron chi connectivity index (χ0n) is 11.5. The summed E-state index contributed by atoms with van der Waals surface area (Å²) in [6.45, 7) is 9.35. The summed E-state index contributed by atoms with van der Waals surface area (Å²) in [7, 11) is 0. The maximum atomic E-state index is 12.3. The van der Waals surface area contributed by atoms with Gasteiger partial charge in [-0.05, 0) is 26.7 Å². The van der Waals surface area contributed by atoms with E-state index >= 15 is 0 Å². The van der Waals surface area contributed by atoms with Crippen LogP contribution in [0.1, 0.15) is 26.7 Å². The van der Waals surface area contributed by atoms with Crippen LogP contribution < -0.4 is 10.6 Å². The second-order valence-electron chi connectivity index (χ2n) is 5.67. The van der Waals surface area contributed by atoms with E-state index in [-0.39, 0.29) is 17.5 Å². The molecule has 2 unspecified atom stereocenters. The van der Waals surface area contributed by atoms with Gasteiger partial charge in [0.25, 0.3) is 0 Å². The molecule has 0 radical (unpaired) electrons. The van der Waals surface area contributed by atoms with Gasteiger partial charge >= 0.3 is 0 Å². The fourth-order valence-electron chi connectivity index (χ4n) is 2.67. The summed E-state index contributed by atoms with van der Waals surface area (Å²) in [6.07, 6.45) is 2.03. The van der Waals surface area contributed by atoms with E-state index in [0.29, 0.717) is 6.61 Å². The minimum Gasteiger partial charge on any atom is -0.379 e. The molecule has 0 aliphatic carbocycles. The first kappa shape index (κ1) is 13.8. The van der Waals surface area contributed by atoms with Crippen LogP contribution in [0, 0.1) is 0 Å². The van der Waals surface area contributed by atoms with Crippen molar-refractivity contribution in [1.29, 1.82) is 0 Å². The Hall–Kier alpha value is -0.650. The number of nitrogens with one attached hydrogen (secondary N) is 2. The number of hydrogen-bond donors (Lipinski definition) is 2. The highest BCUT2D eigenvalue weighted by molar-refractivity contribution is 5.82. The van der Waals surface area contributed by atoms with Crippen LogP contribution in [0.15, 0.2) is 0 Å². The van der Waals surface area contributed by atoms with Crippen LogP contribution in [0.2, 0.25) is 0 Å². The van der Waals surface area contributed by atoms with E-state index < -0.39 is 0 Å². The first-order chi connectivity index (χ1) is 8.61. The number of hydrogen-bond acceptors (Lipinski definition) is 4. The second kappa shape index (κ2) is 5.99. The molecule has 2 saturated heterocycles. The Labute approximate surface area is 109 Å². The highest BCUT2D eigenvalue weighted by atomic mass is 16.5. The lowest BCUT2D eigenvalue weighted by atomic mass is 9.94. The predicted octanol–water partition coefficient (Wildman–Crippen LogP) is -0.0346. The lowest BCUT2D eigenvalue weighted by molar-refractivity contribution is -0.129. The molecule has 104 valence electrons. The van der Waals surface area contributed by atoms with E-state index in [1.54, 1.807) is 0 Å². The van der Waals surface area contributed by atoms with Crippen LogP contribution in [0.5, 0.6) is 0 Å². The molecule has 5 heteroatoms. The Morgan fingerprint density at radius 1 is 1.44 bits per heavy atom. The predicted molar refractivity (Wildman–Crippen MR) is 70.5 cm³/mol. The van der Waals surface area contributed by atoms with Crippen molar-refractivity contribution in [2.45, 2.75) is 38.3 Å². The van der Waals surface area contributed by atoms with E-state index in [9.17, 15) is 4.79 Å². The van der Waals surface area contributed by atoms with Gasteiger partial charge in [0.15, 0.2) is 0 Å². The molecule has 2 aliphatic rings. The monoisotopic (exact) mass is 255 g/mol. The van der Waals surface area contributed by atoms with Gasteiger partial charge in [-0.1, -0.05) is 0 Å². The quantitative estimate of drug-likeness (QED) is 0.743. The van der Waals surface area contributed by atoms with E-state index in [0.717, 1.165) is 45.6 Å². The van der Waals surface area contributed by atoms with Gasteiger partial charge in [0.1, 0.15) is 0 Å². The van der Waals surface area contributed by atoms with Crippen LogP contribution in [0.25, 0.3) is 0 Å². The highest BCUT2D eigenvalue weighted by Gasteiger charge is 2.32. The van der Waals surface area contributed by atoms with Gasteiger partial charge in [0, 0.05) is 32.8 Å². The Kier molecular flexibility index (Phi) is 4.59. The molecule has 2 aliphatic heterocycles. The second-order valence-corrected chi connectivity index (χ2v) is 5.67. The van der Waals surface area contributed by atoms with Gasteiger partial charge in [-0.25, -0.2) is 0 Å². The van der Waals surface area contributed by atoms with Crippen molar-refractivity contribution in [2.75, 3.05) is 39.4 Å². The summed E-state index contributed by atoms with van der Waals surface area (Å²) in [5, 5.41) is 6.47. The molecule has 2 rings (SSSR count). The third kappa shape index (κ3) is 3.43. The average Bonchev–Trinajstić information content (AvgIpc) is 2.39. The number of rotatable bonds is 3. The SMILES string of the molecule is CC(C(=O)NC1(C)CCCOC1)N1CCNCC1. The first-order valence-electron chi connectivity index (χ1n) is 6.95. The van der Waals surface area contributed by atoms with Gasteiger partial charge in [-0.3, -0.25) is 9.69 Å². The molecule has 2 heterocycles. The van der Waals surface area contributed by atoms with Gasteiger partial charge in [-0.2, -0.15) is 0 Å². The van der Waals surface area contributed by atoms with E-state index in [1.165, 1.54) is 0 Å². The molecule has 0 aromatic heterocycles. The summed E-state index contributed by atoms with van der Waals surface area (Å²) in [5.74, 6) is 0.130. The summed E-state index contributed by atoms with van der Waals surface area (Å²) < 4.78 is 5.47. The number of carbonyl (C=O) groups excluding carboxylic acids is 1. The molecule has 0 spiro atoms. The first-order valence-corrected chi connectivity index (χ1v) is 6.95. The van der Waals surface area contributed by atoms with Crippen molar-refractivity contribution < 1.29 is 9.53 Å². The molecule has 0 bridgehead atoms. The minimum atomic E-state index is -0.183. The maximum Gasteiger partial charge on any atom is 0.237 e. The average molecular weight is 255 g/mol. The Bertz CT molecular complexity index is 284. The number of amides is 1. The van der Waals surface area contributed by atoms with E-state index in [1.807, 2.05) is 6.92 Å². The fourth-order valence-corrected chi connectivity index (χ4v) is 2.67. The molecular weight excluding hydrogens is 230 g/mol. The van der Waals surface area contributed by atoms with Crippen LogP contribution in [-0.2, 0) is 9.53 Å². The summed E-state index contributed by atoms with van der Waals surface area (Å²) in [5.41, 5.74) is -0.183. The van der Waals surface area contributed by atoms with Crippen LogP contribution in [0.3, 0.4) is 0 Å². The zero-order valence-corrected chi connectivity index (χ0v) is 11.5. The Balaban J connectivity index is 1.85. The Morgan fingerprint density at radius 3 is 2.78 bits per heavy atom. The van der Waals surface area contributed by atoms with Crippen molar-refractivity contribution in [3.05, 3.63) is 0 Å². The standard InChI is InChI=1S/C13H25N3O2/c1-11(16-7-5-14-6-8-16)12(17)15-13(2)4-3-9-18-10-13/h11,14H,3-10H2,1-2H3,(H,15,17). The van der Waals surface area contributed by atoms with Gasteiger partial charge in [0.2, 0.25) is 5.91 Å². The molecule has 18 heavy (non-hydrogen) atoms. The molecule has 0 saturated carbocycles. The molecule has 0 aromatic carbocycles. The molecule has 0 aromatic rings. The van der Waals surface area contributed by atoms with Crippen molar-refractivity contribution in [2.24, 2.45) is 0 Å². The van der Waals surface area contributed by atoms with Gasteiger partial charge < -0.3 is 15.4 Å². The van der Waals surface area contributed by atoms with Gasteiger partial charge in [-0.15, -0.1) is 0 Å². The van der Waals surface area contributed by atoms with Crippen LogP contribution in [0.4, 0.5) is 0 Å². The van der Waals surface area contributed by atoms with Crippen LogP contribution in [-0.4, -0.2) is 61.8 Å². The van der Waals surface area contributed by atoms with Crippen molar-refractivity contribution in [3.8, 4) is 0 Å². The minimum absolute atomic E-state index is 0.0501. The third-order valence-electron chi connectivity index (χ3n) is 3.94. The fraction of sp³-hybridized carbons (Fsp3) is 0.923. The number of piperazine rings is 1. The maximum absolute atomic E-state index is 12.3. The van der Waals surface area contributed by atoms with Crippen molar-refractivity contribution in [1.82, 2.24) is 15.5 Å². The summed E-state index contributed by atoms with van der Waals surface area (Å²) >= 11 is 0. The highest BCUT2D eigenvalue weighted by Crippen LogP contribution is 2.18. The van der Waals surface area contributed by atoms with Crippen LogP contribution >= 0.6 is 0 Å². The molecule has 2 fully saturated rings.